The topological polar surface area (TPSA) is 136 Å². The van der Waals surface area contributed by atoms with Crippen LogP contribution in [0.3, 0.4) is 0 Å². The van der Waals surface area contributed by atoms with Crippen molar-refractivity contribution in [3.05, 3.63) is 111 Å². The Hall–Kier alpha value is -5.19. The van der Waals surface area contributed by atoms with E-state index in [9.17, 15) is 24.1 Å². The predicted molar refractivity (Wildman–Crippen MR) is 126 cm³/mol. The third-order valence-corrected chi connectivity index (χ3v) is 5.25. The van der Waals surface area contributed by atoms with Gasteiger partial charge >= 0.3 is 0 Å². The maximum absolute atomic E-state index is 13.6. The fraction of sp³-hybridized carbons (Fsp3) is 0. The van der Waals surface area contributed by atoms with Crippen LogP contribution in [0.25, 0.3) is 33.7 Å². The summed E-state index contributed by atoms with van der Waals surface area (Å²) in [6.45, 7) is 0. The number of amides is 1. The van der Waals surface area contributed by atoms with E-state index < -0.39 is 22.2 Å². The van der Waals surface area contributed by atoms with E-state index in [-0.39, 0.29) is 33.7 Å². The summed E-state index contributed by atoms with van der Waals surface area (Å²) in [7, 11) is 0. The third kappa shape index (κ3) is 4.02. The highest BCUT2D eigenvalue weighted by Crippen LogP contribution is 2.27. The summed E-state index contributed by atoms with van der Waals surface area (Å²) >= 11 is 0. The maximum Gasteiger partial charge on any atom is 0.298 e. The normalized spacial score (nSPS) is 10.9. The van der Waals surface area contributed by atoms with Gasteiger partial charge in [-0.1, -0.05) is 48.5 Å². The molecule has 0 bridgehead atoms. The van der Waals surface area contributed by atoms with Crippen molar-refractivity contribution in [2.24, 2.45) is 0 Å². The lowest BCUT2D eigenvalue weighted by molar-refractivity contribution is -0.384. The van der Waals surface area contributed by atoms with Gasteiger partial charge < -0.3 is 0 Å². The van der Waals surface area contributed by atoms with Gasteiger partial charge in [0.15, 0.2) is 11.3 Å². The first-order valence-corrected chi connectivity index (χ1v) is 10.3. The minimum Gasteiger partial charge on any atom is -0.270 e. The molecule has 2 aromatic heterocycles. The lowest BCUT2D eigenvalue weighted by Gasteiger charge is -2.14. The Morgan fingerprint density at radius 1 is 1.00 bits per heavy atom. The SMILES string of the molecule is O=C(Nn1c(-c2cccc([N+](=O)[O-])c2)nc2c(-c3ccccc3)n[nH]c2c1=O)c1cccc(F)c1. The van der Waals surface area contributed by atoms with E-state index in [1.54, 1.807) is 24.3 Å². The molecule has 5 rings (SSSR count). The van der Waals surface area contributed by atoms with E-state index in [0.717, 1.165) is 10.7 Å². The first-order valence-electron chi connectivity index (χ1n) is 10.3. The van der Waals surface area contributed by atoms with Crippen LogP contribution in [-0.2, 0) is 0 Å². The number of nitro benzene ring substituents is 1. The van der Waals surface area contributed by atoms with Crippen LogP contribution in [-0.4, -0.2) is 30.7 Å². The first kappa shape index (κ1) is 21.6. The Morgan fingerprint density at radius 2 is 1.74 bits per heavy atom. The van der Waals surface area contributed by atoms with Crippen LogP contribution >= 0.6 is 0 Å². The molecule has 10 nitrogen and oxygen atoms in total. The Bertz CT molecular complexity index is 1660. The highest BCUT2D eigenvalue weighted by atomic mass is 19.1. The quantitative estimate of drug-likeness (QED) is 0.296. The van der Waals surface area contributed by atoms with Crippen LogP contribution in [0.4, 0.5) is 10.1 Å². The molecule has 1 amide bonds. The van der Waals surface area contributed by atoms with E-state index >= 15 is 0 Å². The average molecular weight is 470 g/mol. The molecule has 0 unspecified atom stereocenters. The number of nitrogens with one attached hydrogen (secondary N) is 2. The third-order valence-electron chi connectivity index (χ3n) is 5.25. The zero-order valence-corrected chi connectivity index (χ0v) is 17.8. The predicted octanol–water partition coefficient (Wildman–Crippen LogP) is 3.88. The molecule has 2 N–H and O–H groups in total. The first-order chi connectivity index (χ1) is 16.9. The minimum atomic E-state index is -0.776. The summed E-state index contributed by atoms with van der Waals surface area (Å²) in [5.41, 5.74) is 3.00. The highest BCUT2D eigenvalue weighted by Gasteiger charge is 2.21. The lowest BCUT2D eigenvalue weighted by atomic mass is 10.1. The zero-order chi connectivity index (χ0) is 24.5. The van der Waals surface area contributed by atoms with Crippen molar-refractivity contribution in [1.29, 1.82) is 0 Å². The van der Waals surface area contributed by atoms with Crippen LogP contribution in [0.5, 0.6) is 0 Å². The molecule has 0 radical (unpaired) electrons. The monoisotopic (exact) mass is 470 g/mol. The number of halogens is 1. The summed E-state index contributed by atoms with van der Waals surface area (Å²) in [6.07, 6.45) is 0. The second-order valence-corrected chi connectivity index (χ2v) is 7.50. The maximum atomic E-state index is 13.6. The van der Waals surface area contributed by atoms with Crippen LogP contribution in [0.2, 0.25) is 0 Å². The summed E-state index contributed by atoms with van der Waals surface area (Å²) in [6, 6.07) is 19.5. The Balaban J connectivity index is 1.73. The van der Waals surface area contributed by atoms with Gasteiger partial charge in [-0.2, -0.15) is 9.77 Å². The summed E-state index contributed by atoms with van der Waals surface area (Å²) < 4.78 is 14.5. The number of carbonyl (C=O) groups excluding carboxylic acids is 1. The number of H-pyrrole nitrogens is 1. The summed E-state index contributed by atoms with van der Waals surface area (Å²) in [4.78, 5) is 41.6. The molecule has 3 aromatic carbocycles. The molecule has 0 aliphatic heterocycles. The smallest absolute Gasteiger partial charge is 0.270 e. The number of nitro groups is 1. The number of benzene rings is 3. The number of hydrogen-bond acceptors (Lipinski definition) is 6. The van der Waals surface area contributed by atoms with Gasteiger partial charge in [0.1, 0.15) is 17.0 Å². The van der Waals surface area contributed by atoms with Crippen molar-refractivity contribution in [3.8, 4) is 22.6 Å². The van der Waals surface area contributed by atoms with E-state index in [2.05, 4.69) is 20.6 Å². The van der Waals surface area contributed by atoms with Gasteiger partial charge in [0.25, 0.3) is 17.2 Å². The highest BCUT2D eigenvalue weighted by molar-refractivity contribution is 6.00. The lowest BCUT2D eigenvalue weighted by Crippen LogP contribution is -2.35. The van der Waals surface area contributed by atoms with Gasteiger partial charge in [0.05, 0.1) is 4.92 Å². The Kier molecular flexibility index (Phi) is 5.34. The number of aromatic nitrogens is 4. The van der Waals surface area contributed by atoms with Gasteiger partial charge in [-0.25, -0.2) is 9.37 Å². The van der Waals surface area contributed by atoms with E-state index in [4.69, 9.17) is 0 Å². The molecule has 172 valence electrons. The molecule has 0 saturated carbocycles. The van der Waals surface area contributed by atoms with Crippen molar-refractivity contribution in [1.82, 2.24) is 19.9 Å². The molecule has 35 heavy (non-hydrogen) atoms. The Morgan fingerprint density at radius 3 is 2.49 bits per heavy atom. The van der Waals surface area contributed by atoms with Crippen molar-refractivity contribution in [2.45, 2.75) is 0 Å². The van der Waals surface area contributed by atoms with Gasteiger partial charge in [0.2, 0.25) is 0 Å². The zero-order valence-electron chi connectivity index (χ0n) is 17.8. The van der Waals surface area contributed by atoms with Crippen LogP contribution in [0.1, 0.15) is 10.4 Å². The molecule has 0 saturated heterocycles. The molecule has 0 fully saturated rings. The van der Waals surface area contributed by atoms with E-state index in [0.29, 0.717) is 11.3 Å². The van der Waals surface area contributed by atoms with Crippen LogP contribution < -0.4 is 11.0 Å². The van der Waals surface area contributed by atoms with Gasteiger partial charge in [-0.15, -0.1) is 0 Å². The minimum absolute atomic E-state index is 0.0116. The van der Waals surface area contributed by atoms with Crippen molar-refractivity contribution in [2.75, 3.05) is 5.43 Å². The molecule has 0 aliphatic rings. The van der Waals surface area contributed by atoms with E-state index in [1.165, 1.54) is 42.5 Å². The standard InChI is InChI=1S/C24H15FN6O4/c25-17-10-4-9-16(12-17)23(32)29-30-22(15-8-5-11-18(13-15)31(34)35)26-20-19(14-6-2-1-3-7-14)27-28-21(20)24(30)33/h1-13H,(H,27,28)(H,29,32). The molecule has 0 atom stereocenters. The molecule has 2 heterocycles. The average Bonchev–Trinajstić information content (AvgIpc) is 3.30. The van der Waals surface area contributed by atoms with Gasteiger partial charge in [-0.05, 0) is 18.2 Å². The molecular formula is C24H15FN6O4. The number of nitrogens with zero attached hydrogens (tertiary/aromatic N) is 4. The molecule has 0 aliphatic carbocycles. The number of non-ortho nitro benzene ring substituents is 1. The fourth-order valence-electron chi connectivity index (χ4n) is 3.61. The van der Waals surface area contributed by atoms with Gasteiger partial charge in [-0.3, -0.25) is 30.2 Å². The number of carbonyl (C=O) groups is 1. The van der Waals surface area contributed by atoms with Crippen molar-refractivity contribution < 1.29 is 14.1 Å². The van der Waals surface area contributed by atoms with E-state index in [1.807, 2.05) is 6.07 Å². The van der Waals surface area contributed by atoms with Crippen LogP contribution in [0.15, 0.2) is 83.7 Å². The Labute approximate surface area is 195 Å². The second-order valence-electron chi connectivity index (χ2n) is 7.50. The largest absolute Gasteiger partial charge is 0.298 e. The number of hydrogen-bond donors (Lipinski definition) is 2. The van der Waals surface area contributed by atoms with Crippen molar-refractivity contribution >= 4 is 22.6 Å². The van der Waals surface area contributed by atoms with Crippen molar-refractivity contribution in [3.63, 3.8) is 0 Å². The summed E-state index contributed by atoms with van der Waals surface area (Å²) in [5, 5.41) is 18.2. The number of rotatable bonds is 5. The number of aromatic amines is 1. The van der Waals surface area contributed by atoms with Crippen LogP contribution in [0, 0.1) is 15.9 Å². The molecular weight excluding hydrogens is 455 g/mol. The molecule has 11 heteroatoms. The molecule has 5 aromatic rings. The summed E-state index contributed by atoms with van der Waals surface area (Å²) in [5.74, 6) is -1.46. The molecule has 0 spiro atoms. The number of fused-ring (bicyclic) bond motifs is 1. The second kappa shape index (κ2) is 8.63. The van der Waals surface area contributed by atoms with Gasteiger partial charge in [0, 0.05) is 28.8 Å². The fourth-order valence-corrected chi connectivity index (χ4v) is 3.61.